The zero-order chi connectivity index (χ0) is 16.8. The van der Waals surface area contributed by atoms with Gasteiger partial charge in [0.2, 0.25) is 11.0 Å². The zero-order valence-corrected chi connectivity index (χ0v) is 15.4. The average Bonchev–Trinajstić information content (AvgIpc) is 3.07. The van der Waals surface area contributed by atoms with Crippen molar-refractivity contribution in [3.8, 4) is 0 Å². The van der Waals surface area contributed by atoms with Gasteiger partial charge in [-0.3, -0.25) is 4.79 Å². The average molecular weight is 363 g/mol. The number of rotatable bonds is 6. The van der Waals surface area contributed by atoms with Gasteiger partial charge in [-0.05, 0) is 24.3 Å². The van der Waals surface area contributed by atoms with Crippen LogP contribution in [0.25, 0.3) is 0 Å². The number of piperidine rings is 1. The van der Waals surface area contributed by atoms with E-state index in [1.54, 1.807) is 0 Å². The number of carbonyl (C=O) groups excluding carboxylic acids is 1. The Labute approximate surface area is 150 Å². The van der Waals surface area contributed by atoms with E-state index in [-0.39, 0.29) is 5.91 Å². The summed E-state index contributed by atoms with van der Waals surface area (Å²) >= 11 is 2.98. The van der Waals surface area contributed by atoms with Gasteiger partial charge in [0.1, 0.15) is 0 Å². The fourth-order valence-corrected chi connectivity index (χ4v) is 4.24. The largest absolute Gasteiger partial charge is 0.356 e. The summed E-state index contributed by atoms with van der Waals surface area (Å²) < 4.78 is 0.837. The smallest absolute Gasteiger partial charge is 0.233 e. The molecular formula is C17H22N4OS2. The Morgan fingerprint density at radius 3 is 2.79 bits per heavy atom. The van der Waals surface area contributed by atoms with Crippen molar-refractivity contribution in [2.75, 3.05) is 24.2 Å². The van der Waals surface area contributed by atoms with Gasteiger partial charge in [-0.25, -0.2) is 0 Å². The molecule has 0 radical (unpaired) electrons. The molecular weight excluding hydrogens is 340 g/mol. The molecule has 2 heterocycles. The van der Waals surface area contributed by atoms with Crippen LogP contribution in [-0.4, -0.2) is 39.8 Å². The second kappa shape index (κ2) is 8.48. The van der Waals surface area contributed by atoms with Gasteiger partial charge in [0.05, 0.1) is 5.75 Å². The van der Waals surface area contributed by atoms with Gasteiger partial charge < -0.3 is 10.2 Å². The Bertz CT molecular complexity index is 654. The van der Waals surface area contributed by atoms with Crippen LogP contribution in [0, 0.1) is 5.92 Å². The van der Waals surface area contributed by atoms with Crippen molar-refractivity contribution < 1.29 is 4.79 Å². The lowest BCUT2D eigenvalue weighted by molar-refractivity contribution is -0.129. The van der Waals surface area contributed by atoms with Crippen LogP contribution in [0.3, 0.4) is 0 Å². The quantitative estimate of drug-likeness (QED) is 0.797. The third-order valence-electron chi connectivity index (χ3n) is 4.15. The molecule has 1 amide bonds. The maximum Gasteiger partial charge on any atom is 0.233 e. The molecule has 0 saturated carbocycles. The molecule has 24 heavy (non-hydrogen) atoms. The highest BCUT2D eigenvalue weighted by atomic mass is 32.2. The minimum atomic E-state index is 0.209. The van der Waals surface area contributed by atoms with Gasteiger partial charge in [0.15, 0.2) is 4.34 Å². The lowest BCUT2D eigenvalue weighted by Crippen LogP contribution is -2.38. The first-order chi connectivity index (χ1) is 11.7. The van der Waals surface area contributed by atoms with Crippen molar-refractivity contribution in [2.45, 2.75) is 30.6 Å². The maximum absolute atomic E-state index is 12.2. The number of thioether (sulfide) groups is 1. The molecule has 2 aromatic rings. The number of likely N-dealkylation sites (tertiary alicyclic amines) is 1. The van der Waals surface area contributed by atoms with Gasteiger partial charge in [0, 0.05) is 19.6 Å². The van der Waals surface area contributed by atoms with Crippen LogP contribution in [0.15, 0.2) is 34.7 Å². The van der Waals surface area contributed by atoms with E-state index in [1.807, 2.05) is 23.1 Å². The number of anilines is 1. The molecule has 1 aromatic carbocycles. The summed E-state index contributed by atoms with van der Waals surface area (Å²) in [6.07, 6.45) is 2.23. The Hall–Kier alpha value is -1.60. The Balaban J connectivity index is 1.43. The fourth-order valence-electron chi connectivity index (χ4n) is 2.59. The van der Waals surface area contributed by atoms with E-state index in [1.165, 1.54) is 28.7 Å². The van der Waals surface area contributed by atoms with Crippen LogP contribution >= 0.6 is 23.1 Å². The monoisotopic (exact) mass is 362 g/mol. The molecule has 0 spiro atoms. The van der Waals surface area contributed by atoms with Crippen molar-refractivity contribution >= 4 is 34.1 Å². The Morgan fingerprint density at radius 2 is 2.04 bits per heavy atom. The molecule has 1 saturated heterocycles. The Morgan fingerprint density at radius 1 is 1.29 bits per heavy atom. The van der Waals surface area contributed by atoms with Crippen molar-refractivity contribution in [3.05, 3.63) is 35.9 Å². The van der Waals surface area contributed by atoms with E-state index in [2.05, 4.69) is 34.6 Å². The number of hydrogen-bond acceptors (Lipinski definition) is 6. The third kappa shape index (κ3) is 4.95. The summed E-state index contributed by atoms with van der Waals surface area (Å²) in [5.41, 5.74) is 1.21. The summed E-state index contributed by atoms with van der Waals surface area (Å²) in [5, 5.41) is 12.4. The maximum atomic E-state index is 12.2. The Kier molecular flexibility index (Phi) is 6.09. The lowest BCUT2D eigenvalue weighted by Gasteiger charge is -2.30. The molecule has 0 unspecified atom stereocenters. The summed E-state index contributed by atoms with van der Waals surface area (Å²) in [5.74, 6) is 1.39. The highest BCUT2D eigenvalue weighted by molar-refractivity contribution is 8.01. The lowest BCUT2D eigenvalue weighted by atomic mass is 9.99. The van der Waals surface area contributed by atoms with E-state index in [4.69, 9.17) is 0 Å². The predicted octanol–water partition coefficient (Wildman–Crippen LogP) is 3.50. The number of benzene rings is 1. The van der Waals surface area contributed by atoms with Gasteiger partial charge in [-0.2, -0.15) is 0 Å². The highest BCUT2D eigenvalue weighted by Gasteiger charge is 2.20. The fraction of sp³-hybridized carbons (Fsp3) is 0.471. The molecule has 1 aliphatic rings. The van der Waals surface area contributed by atoms with Crippen molar-refractivity contribution in [2.24, 2.45) is 5.92 Å². The van der Waals surface area contributed by atoms with Crippen LogP contribution in [0.2, 0.25) is 0 Å². The summed E-state index contributed by atoms with van der Waals surface area (Å²) in [7, 11) is 0. The van der Waals surface area contributed by atoms with E-state index < -0.39 is 0 Å². The van der Waals surface area contributed by atoms with E-state index >= 15 is 0 Å². The topological polar surface area (TPSA) is 58.1 Å². The number of amides is 1. The predicted molar refractivity (Wildman–Crippen MR) is 99.4 cm³/mol. The number of aromatic nitrogens is 2. The van der Waals surface area contributed by atoms with Gasteiger partial charge in [-0.15, -0.1) is 10.2 Å². The van der Waals surface area contributed by atoms with Gasteiger partial charge in [0.25, 0.3) is 0 Å². The minimum absolute atomic E-state index is 0.209. The molecule has 0 bridgehead atoms. The molecule has 7 heteroatoms. The van der Waals surface area contributed by atoms with E-state index in [9.17, 15) is 4.79 Å². The SMILES string of the molecule is CC1CCN(C(=O)CSc2nnc(NCc3ccccc3)s2)CC1. The van der Waals surface area contributed by atoms with Crippen LogP contribution < -0.4 is 5.32 Å². The molecule has 128 valence electrons. The molecule has 0 aliphatic carbocycles. The summed E-state index contributed by atoms with van der Waals surface area (Å²) in [6.45, 7) is 4.76. The molecule has 3 rings (SSSR count). The second-order valence-electron chi connectivity index (χ2n) is 6.06. The first kappa shape index (κ1) is 17.2. The van der Waals surface area contributed by atoms with Crippen molar-refractivity contribution in [3.63, 3.8) is 0 Å². The first-order valence-electron chi connectivity index (χ1n) is 8.22. The molecule has 1 aromatic heterocycles. The molecule has 1 fully saturated rings. The number of nitrogens with zero attached hydrogens (tertiary/aromatic N) is 3. The minimum Gasteiger partial charge on any atom is -0.356 e. The van der Waals surface area contributed by atoms with Crippen LogP contribution in [0.5, 0.6) is 0 Å². The van der Waals surface area contributed by atoms with Crippen LogP contribution in [-0.2, 0) is 11.3 Å². The van der Waals surface area contributed by atoms with Crippen molar-refractivity contribution in [1.82, 2.24) is 15.1 Å². The third-order valence-corrected chi connectivity index (χ3v) is 6.15. The van der Waals surface area contributed by atoms with Crippen molar-refractivity contribution in [1.29, 1.82) is 0 Å². The molecule has 1 N–H and O–H groups in total. The highest BCUT2D eigenvalue weighted by Crippen LogP contribution is 2.26. The van der Waals surface area contributed by atoms with Gasteiger partial charge in [-0.1, -0.05) is 60.4 Å². The first-order valence-corrected chi connectivity index (χ1v) is 10.0. The summed E-state index contributed by atoms with van der Waals surface area (Å²) in [4.78, 5) is 14.2. The van der Waals surface area contributed by atoms with Crippen LogP contribution in [0.1, 0.15) is 25.3 Å². The second-order valence-corrected chi connectivity index (χ2v) is 8.26. The number of nitrogens with one attached hydrogen (secondary N) is 1. The number of hydrogen-bond donors (Lipinski definition) is 1. The number of carbonyl (C=O) groups is 1. The normalized spacial score (nSPS) is 15.5. The summed E-state index contributed by atoms with van der Waals surface area (Å²) in [6, 6.07) is 10.2. The van der Waals surface area contributed by atoms with E-state index in [0.29, 0.717) is 5.75 Å². The van der Waals surface area contributed by atoms with Crippen LogP contribution in [0.4, 0.5) is 5.13 Å². The molecule has 5 nitrogen and oxygen atoms in total. The zero-order valence-electron chi connectivity index (χ0n) is 13.8. The standard InChI is InChI=1S/C17H22N4OS2/c1-13-7-9-21(10-8-13)15(22)12-23-17-20-19-16(24-17)18-11-14-5-3-2-4-6-14/h2-6,13H,7-12H2,1H3,(H,18,19). The molecule has 1 aliphatic heterocycles. The van der Waals surface area contributed by atoms with Gasteiger partial charge >= 0.3 is 0 Å². The van der Waals surface area contributed by atoms with E-state index in [0.717, 1.165) is 47.9 Å². The molecule has 0 atom stereocenters.